The zero-order valence-electron chi connectivity index (χ0n) is 29.3. The summed E-state index contributed by atoms with van der Waals surface area (Å²) in [7, 11) is 0. The van der Waals surface area contributed by atoms with Gasteiger partial charge in [-0.1, -0.05) is 83.6 Å². The molecule has 4 aromatic heterocycles. The SMILES string of the molecule is [2H]C([2H])(c1ccnc(-n2c3[c-]c(Oc4[c-]c(-n5[c-][n+](-c6cccc(C(C)(C)C)c6)cc5)ncc4)ccc3c3ccccc32)c1)C(C)(C)C.[Pt]. The van der Waals surface area contributed by atoms with E-state index in [0.717, 1.165) is 27.5 Å². The largest absolute Gasteiger partial charge is 0.522 e. The van der Waals surface area contributed by atoms with E-state index in [-0.39, 0.29) is 26.5 Å². The zero-order chi connectivity index (χ0) is 33.8. The fourth-order valence-corrected chi connectivity index (χ4v) is 5.58. The average Bonchev–Trinajstić information content (AvgIpc) is 3.68. The Hall–Kier alpha value is -4.54. The molecule has 0 atom stereocenters. The first-order chi connectivity index (χ1) is 22.8. The molecule has 0 saturated heterocycles. The molecule has 7 rings (SSSR count). The summed E-state index contributed by atoms with van der Waals surface area (Å²) in [6.07, 6.45) is 8.98. The molecule has 7 aromatic rings. The number of hydrogen-bond donors (Lipinski definition) is 0. The molecular formula is C40H37N5OPt-2. The monoisotopic (exact) mass is 800 g/mol. The predicted octanol–water partition coefficient (Wildman–Crippen LogP) is 8.72. The molecule has 0 fully saturated rings. The number of ether oxygens (including phenoxy) is 1. The number of para-hydroxylation sites is 1. The number of rotatable bonds is 6. The van der Waals surface area contributed by atoms with Crippen LogP contribution in [0.1, 0.15) is 55.4 Å². The van der Waals surface area contributed by atoms with Crippen molar-refractivity contribution >= 4 is 21.8 Å². The van der Waals surface area contributed by atoms with Gasteiger partial charge in [0, 0.05) is 53.7 Å². The van der Waals surface area contributed by atoms with Gasteiger partial charge in [0.2, 0.25) is 0 Å². The van der Waals surface area contributed by atoms with E-state index in [1.165, 1.54) is 5.56 Å². The predicted molar refractivity (Wildman–Crippen MR) is 182 cm³/mol. The zero-order valence-corrected chi connectivity index (χ0v) is 29.5. The van der Waals surface area contributed by atoms with Crippen LogP contribution in [0.15, 0.2) is 104 Å². The average molecular weight is 801 g/mol. The third kappa shape index (κ3) is 6.80. The van der Waals surface area contributed by atoms with Gasteiger partial charge in [-0.25, -0.2) is 4.98 Å². The fourth-order valence-electron chi connectivity index (χ4n) is 5.58. The van der Waals surface area contributed by atoms with Gasteiger partial charge in [0.1, 0.15) is 5.82 Å². The molecule has 7 heteroatoms. The Balaban J connectivity index is 0.00000417. The summed E-state index contributed by atoms with van der Waals surface area (Å²) in [5, 5.41) is 2.04. The number of fused-ring (bicyclic) bond motifs is 3. The third-order valence-corrected chi connectivity index (χ3v) is 7.73. The second kappa shape index (κ2) is 12.6. The van der Waals surface area contributed by atoms with E-state index in [1.54, 1.807) is 29.1 Å². The van der Waals surface area contributed by atoms with Crippen LogP contribution >= 0.6 is 0 Å². The molecule has 0 aliphatic carbocycles. The molecule has 0 aliphatic heterocycles. The quantitative estimate of drug-likeness (QED) is 0.125. The normalized spacial score (nSPS) is 12.9. The van der Waals surface area contributed by atoms with E-state index in [0.29, 0.717) is 28.7 Å². The summed E-state index contributed by atoms with van der Waals surface area (Å²) in [5.74, 6) is 2.15. The molecule has 0 N–H and O–H groups in total. The summed E-state index contributed by atoms with van der Waals surface area (Å²) in [5.41, 5.74) is 4.00. The smallest absolute Gasteiger partial charge is 0.268 e. The van der Waals surface area contributed by atoms with Crippen molar-refractivity contribution in [2.75, 3.05) is 0 Å². The Bertz CT molecular complexity index is 2290. The van der Waals surface area contributed by atoms with E-state index in [4.69, 9.17) is 7.48 Å². The number of aromatic nitrogens is 5. The summed E-state index contributed by atoms with van der Waals surface area (Å²) >= 11 is 0. The van der Waals surface area contributed by atoms with Crippen molar-refractivity contribution in [3.63, 3.8) is 0 Å². The number of pyridine rings is 2. The van der Waals surface area contributed by atoms with Crippen LogP contribution in [0, 0.1) is 23.9 Å². The molecule has 0 radical (unpaired) electrons. The van der Waals surface area contributed by atoms with Gasteiger partial charge in [0.05, 0.1) is 11.5 Å². The van der Waals surface area contributed by atoms with Gasteiger partial charge in [-0.2, -0.15) is 18.2 Å². The third-order valence-electron chi connectivity index (χ3n) is 7.73. The van der Waals surface area contributed by atoms with Crippen molar-refractivity contribution in [3.05, 3.63) is 133 Å². The van der Waals surface area contributed by atoms with Crippen molar-refractivity contribution in [2.45, 2.75) is 53.3 Å². The molecule has 0 amide bonds. The van der Waals surface area contributed by atoms with Gasteiger partial charge in [-0.05, 0) is 69.8 Å². The van der Waals surface area contributed by atoms with Gasteiger partial charge in [0.15, 0.2) is 0 Å². The molecule has 6 nitrogen and oxygen atoms in total. The standard InChI is InChI=1S/C40H37N5O.Pt/c1-39(2,3)26-28-16-18-42-38(22-28)45-35-13-8-7-12-33(35)34-15-14-31(24-36(34)45)46-32-17-19-41-37(25-32)44-21-20-43(27-44)30-11-9-10-29(23-30)40(4,5)6;/h7-23H,26H2,1-6H3;/q-2;/i26D2;. The van der Waals surface area contributed by atoms with Crippen LogP contribution in [-0.4, -0.2) is 19.1 Å². The van der Waals surface area contributed by atoms with Crippen LogP contribution < -0.4 is 9.30 Å². The molecule has 47 heavy (non-hydrogen) atoms. The Morgan fingerprint density at radius 1 is 0.830 bits per heavy atom. The van der Waals surface area contributed by atoms with Crippen LogP contribution in [0.2, 0.25) is 0 Å². The first kappa shape index (κ1) is 29.8. The van der Waals surface area contributed by atoms with Crippen molar-refractivity contribution in [1.82, 2.24) is 19.1 Å². The summed E-state index contributed by atoms with van der Waals surface area (Å²) in [6, 6.07) is 32.6. The van der Waals surface area contributed by atoms with E-state index in [2.05, 4.69) is 79.5 Å². The van der Waals surface area contributed by atoms with Crippen molar-refractivity contribution < 1.29 is 33.1 Å². The van der Waals surface area contributed by atoms with Gasteiger partial charge in [0.25, 0.3) is 6.33 Å². The topological polar surface area (TPSA) is 48.8 Å². The molecule has 0 aliphatic rings. The maximum absolute atomic E-state index is 8.87. The molecule has 0 spiro atoms. The summed E-state index contributed by atoms with van der Waals surface area (Å²) in [6.45, 7) is 12.3. The second-order valence-electron chi connectivity index (χ2n) is 13.5. The van der Waals surface area contributed by atoms with Crippen LogP contribution in [-0.2, 0) is 32.9 Å². The molecule has 0 saturated carbocycles. The first-order valence-electron chi connectivity index (χ1n) is 16.4. The van der Waals surface area contributed by atoms with Gasteiger partial charge in [-0.15, -0.1) is 17.5 Å². The molecule has 4 heterocycles. The Morgan fingerprint density at radius 2 is 1.62 bits per heavy atom. The summed E-state index contributed by atoms with van der Waals surface area (Å²) < 4.78 is 29.8. The van der Waals surface area contributed by atoms with Gasteiger partial charge >= 0.3 is 0 Å². The maximum Gasteiger partial charge on any atom is 0.268 e. The van der Waals surface area contributed by atoms with Gasteiger partial charge in [-0.3, -0.25) is 14.1 Å². The van der Waals surface area contributed by atoms with Crippen LogP contribution in [0.3, 0.4) is 0 Å². The minimum atomic E-state index is -1.57. The minimum absolute atomic E-state index is 0. The Kier molecular flexibility index (Phi) is 7.98. The van der Waals surface area contributed by atoms with E-state index >= 15 is 0 Å². The first-order valence-corrected chi connectivity index (χ1v) is 15.4. The van der Waals surface area contributed by atoms with Crippen LogP contribution in [0.5, 0.6) is 11.5 Å². The molecular weight excluding hydrogens is 762 g/mol. The molecule has 0 bridgehead atoms. The second-order valence-corrected chi connectivity index (χ2v) is 13.5. The van der Waals surface area contributed by atoms with E-state index in [1.807, 2.05) is 78.7 Å². The minimum Gasteiger partial charge on any atom is -0.522 e. The fraction of sp³-hybridized carbons (Fsp3) is 0.225. The van der Waals surface area contributed by atoms with Gasteiger partial charge < -0.3 is 9.30 Å². The molecule has 240 valence electrons. The summed E-state index contributed by atoms with van der Waals surface area (Å²) in [4.78, 5) is 9.21. The van der Waals surface area contributed by atoms with Crippen molar-refractivity contribution in [1.29, 1.82) is 0 Å². The Labute approximate surface area is 293 Å². The Morgan fingerprint density at radius 3 is 2.43 bits per heavy atom. The van der Waals surface area contributed by atoms with E-state index in [9.17, 15) is 0 Å². The number of nitrogens with zero attached hydrogens (tertiary/aromatic N) is 5. The molecule has 3 aromatic carbocycles. The number of benzene rings is 3. The van der Waals surface area contributed by atoms with Crippen molar-refractivity contribution in [2.24, 2.45) is 5.41 Å². The maximum atomic E-state index is 8.87. The number of imidazole rings is 1. The number of hydrogen-bond acceptors (Lipinski definition) is 3. The molecule has 0 unspecified atom stereocenters. The van der Waals surface area contributed by atoms with Crippen LogP contribution in [0.25, 0.3) is 39.1 Å². The van der Waals surface area contributed by atoms with Crippen molar-refractivity contribution in [3.8, 4) is 28.8 Å². The van der Waals surface area contributed by atoms with E-state index < -0.39 is 11.8 Å². The van der Waals surface area contributed by atoms with Crippen LogP contribution in [0.4, 0.5) is 0 Å².